The second kappa shape index (κ2) is 5.12. The SMILES string of the molecule is O=C(CN1C(=O)COC1=O)N1CCOc2ccsc2C1. The number of rotatable bonds is 2. The summed E-state index contributed by atoms with van der Waals surface area (Å²) in [6.45, 7) is 0.691. The smallest absolute Gasteiger partial charge is 0.417 e. The number of carbonyl (C=O) groups is 3. The van der Waals surface area contributed by atoms with Crippen molar-refractivity contribution < 1.29 is 23.9 Å². The van der Waals surface area contributed by atoms with Crippen molar-refractivity contribution in [2.75, 3.05) is 26.3 Å². The molecule has 0 atom stereocenters. The minimum Gasteiger partial charge on any atom is -0.491 e. The lowest BCUT2D eigenvalue weighted by atomic mass is 10.3. The summed E-state index contributed by atoms with van der Waals surface area (Å²) >= 11 is 1.51. The van der Waals surface area contributed by atoms with E-state index in [0.717, 1.165) is 15.5 Å². The van der Waals surface area contributed by atoms with Crippen LogP contribution in [0.25, 0.3) is 0 Å². The summed E-state index contributed by atoms with van der Waals surface area (Å²) < 4.78 is 10.1. The van der Waals surface area contributed by atoms with Gasteiger partial charge in [0, 0.05) is 0 Å². The lowest BCUT2D eigenvalue weighted by molar-refractivity contribution is -0.137. The van der Waals surface area contributed by atoms with Crippen molar-refractivity contribution in [3.05, 3.63) is 16.3 Å². The highest BCUT2D eigenvalue weighted by Crippen LogP contribution is 2.28. The van der Waals surface area contributed by atoms with Crippen LogP contribution in [0.1, 0.15) is 4.88 Å². The number of amides is 3. The second-order valence-corrected chi connectivity index (χ2v) is 5.41. The van der Waals surface area contributed by atoms with Crippen molar-refractivity contribution in [2.45, 2.75) is 6.54 Å². The van der Waals surface area contributed by atoms with Crippen molar-refractivity contribution in [1.29, 1.82) is 0 Å². The van der Waals surface area contributed by atoms with Gasteiger partial charge in [-0.1, -0.05) is 0 Å². The highest BCUT2D eigenvalue weighted by atomic mass is 32.1. The molecule has 0 saturated carbocycles. The predicted molar refractivity (Wildman–Crippen MR) is 68.3 cm³/mol. The standard InChI is InChI=1S/C12H12N2O5S/c15-10(6-14-11(16)7-19-12(14)17)13-2-3-18-8-1-4-20-9(8)5-13/h1,4H,2-3,5-7H2. The topological polar surface area (TPSA) is 76.2 Å². The quantitative estimate of drug-likeness (QED) is 0.792. The van der Waals surface area contributed by atoms with Crippen molar-refractivity contribution in [2.24, 2.45) is 0 Å². The molecule has 0 N–H and O–H groups in total. The van der Waals surface area contributed by atoms with Gasteiger partial charge in [-0.2, -0.15) is 0 Å². The van der Waals surface area contributed by atoms with Crippen LogP contribution < -0.4 is 4.74 Å². The van der Waals surface area contributed by atoms with E-state index in [1.54, 1.807) is 4.90 Å². The average Bonchev–Trinajstić information content (AvgIpc) is 2.93. The summed E-state index contributed by atoms with van der Waals surface area (Å²) in [4.78, 5) is 38.3. The van der Waals surface area contributed by atoms with Gasteiger partial charge in [0.05, 0.1) is 18.0 Å². The molecule has 3 heterocycles. The molecule has 3 amide bonds. The van der Waals surface area contributed by atoms with Crippen molar-refractivity contribution in [1.82, 2.24) is 9.80 Å². The first-order valence-electron chi connectivity index (χ1n) is 6.09. The summed E-state index contributed by atoms with van der Waals surface area (Å²) in [6.07, 6.45) is -0.758. The van der Waals surface area contributed by atoms with Crippen LogP contribution >= 0.6 is 11.3 Å². The number of hydrogen-bond acceptors (Lipinski definition) is 6. The largest absolute Gasteiger partial charge is 0.491 e. The maximum absolute atomic E-state index is 12.2. The van der Waals surface area contributed by atoms with Crippen LogP contribution in [0.15, 0.2) is 11.4 Å². The summed E-state index contributed by atoms with van der Waals surface area (Å²) in [5.41, 5.74) is 0. The zero-order valence-electron chi connectivity index (χ0n) is 10.5. The van der Waals surface area contributed by atoms with Crippen molar-refractivity contribution in [3.63, 3.8) is 0 Å². The summed E-state index contributed by atoms with van der Waals surface area (Å²) in [5, 5.41) is 1.90. The van der Waals surface area contributed by atoms with E-state index in [2.05, 4.69) is 4.74 Å². The Kier molecular flexibility index (Phi) is 3.31. The zero-order chi connectivity index (χ0) is 14.1. The molecule has 0 bridgehead atoms. The van der Waals surface area contributed by atoms with E-state index in [9.17, 15) is 14.4 Å². The van der Waals surface area contributed by atoms with Crippen LogP contribution in [-0.4, -0.2) is 54.0 Å². The molecule has 3 rings (SSSR count). The molecule has 1 aromatic rings. The maximum Gasteiger partial charge on any atom is 0.417 e. The molecule has 106 valence electrons. The van der Waals surface area contributed by atoms with E-state index in [-0.39, 0.29) is 19.1 Å². The van der Waals surface area contributed by atoms with Gasteiger partial charge in [0.25, 0.3) is 5.91 Å². The number of carbonyl (C=O) groups excluding carboxylic acids is 3. The minimum atomic E-state index is -0.758. The Balaban J connectivity index is 1.68. The molecule has 0 aliphatic carbocycles. The number of imide groups is 1. The van der Waals surface area contributed by atoms with Crippen LogP contribution in [-0.2, 0) is 20.9 Å². The third kappa shape index (κ3) is 2.34. The minimum absolute atomic E-state index is 0.279. The van der Waals surface area contributed by atoms with Gasteiger partial charge in [-0.05, 0) is 11.4 Å². The van der Waals surface area contributed by atoms with E-state index in [1.807, 2.05) is 11.4 Å². The Labute approximate surface area is 118 Å². The van der Waals surface area contributed by atoms with Crippen LogP contribution in [0.5, 0.6) is 5.75 Å². The fourth-order valence-electron chi connectivity index (χ4n) is 2.07. The Morgan fingerprint density at radius 2 is 2.20 bits per heavy atom. The molecule has 1 saturated heterocycles. The number of hydrogen-bond donors (Lipinski definition) is 0. The van der Waals surface area contributed by atoms with E-state index in [4.69, 9.17) is 4.74 Å². The van der Waals surface area contributed by atoms with Crippen LogP contribution in [0.4, 0.5) is 4.79 Å². The van der Waals surface area contributed by atoms with Crippen LogP contribution in [0, 0.1) is 0 Å². The van der Waals surface area contributed by atoms with Gasteiger partial charge in [0.2, 0.25) is 5.91 Å². The van der Waals surface area contributed by atoms with Crippen LogP contribution in [0.2, 0.25) is 0 Å². The normalized spacial score (nSPS) is 18.4. The van der Waals surface area contributed by atoms with Gasteiger partial charge in [-0.25, -0.2) is 9.69 Å². The Morgan fingerprint density at radius 3 is 2.95 bits per heavy atom. The first-order valence-corrected chi connectivity index (χ1v) is 6.97. The number of thiophene rings is 1. The number of cyclic esters (lactones) is 1. The molecule has 0 radical (unpaired) electrons. The molecule has 7 nitrogen and oxygen atoms in total. The Bertz CT molecular complexity index is 554. The lowest BCUT2D eigenvalue weighted by Crippen LogP contribution is -2.42. The molecule has 0 unspecified atom stereocenters. The molecule has 1 aromatic heterocycles. The van der Waals surface area contributed by atoms with E-state index in [1.165, 1.54) is 11.3 Å². The van der Waals surface area contributed by atoms with Gasteiger partial charge in [-0.15, -0.1) is 11.3 Å². The monoisotopic (exact) mass is 296 g/mol. The summed E-state index contributed by atoms with van der Waals surface area (Å²) in [6, 6.07) is 1.87. The first-order chi connectivity index (χ1) is 9.65. The van der Waals surface area contributed by atoms with Gasteiger partial charge in [0.15, 0.2) is 6.61 Å². The fourth-order valence-corrected chi connectivity index (χ4v) is 2.90. The maximum atomic E-state index is 12.2. The van der Waals surface area contributed by atoms with Gasteiger partial charge < -0.3 is 14.4 Å². The van der Waals surface area contributed by atoms with Crippen LogP contribution in [0.3, 0.4) is 0 Å². The van der Waals surface area contributed by atoms with E-state index >= 15 is 0 Å². The zero-order valence-corrected chi connectivity index (χ0v) is 11.4. The number of fused-ring (bicyclic) bond motifs is 1. The fraction of sp³-hybridized carbons (Fsp3) is 0.417. The molecule has 8 heteroatoms. The van der Waals surface area contributed by atoms with E-state index in [0.29, 0.717) is 19.7 Å². The molecule has 2 aliphatic rings. The second-order valence-electron chi connectivity index (χ2n) is 4.41. The molecule has 2 aliphatic heterocycles. The van der Waals surface area contributed by atoms with E-state index < -0.39 is 12.0 Å². The Morgan fingerprint density at radius 1 is 1.35 bits per heavy atom. The van der Waals surface area contributed by atoms with Crippen molar-refractivity contribution >= 4 is 29.2 Å². The highest BCUT2D eigenvalue weighted by molar-refractivity contribution is 7.10. The molecule has 1 fully saturated rings. The molecule has 20 heavy (non-hydrogen) atoms. The molecular formula is C12H12N2O5S. The number of nitrogens with zero attached hydrogens (tertiary/aromatic N) is 2. The van der Waals surface area contributed by atoms with Crippen molar-refractivity contribution in [3.8, 4) is 5.75 Å². The molecule has 0 aromatic carbocycles. The lowest BCUT2D eigenvalue weighted by Gasteiger charge is -2.21. The summed E-state index contributed by atoms with van der Waals surface area (Å²) in [7, 11) is 0. The first kappa shape index (κ1) is 12.9. The van der Waals surface area contributed by atoms with Gasteiger partial charge in [0.1, 0.15) is 18.9 Å². The average molecular weight is 296 g/mol. The Hall–Kier alpha value is -2.09. The number of ether oxygens (including phenoxy) is 2. The predicted octanol–water partition coefficient (Wildman–Crippen LogP) is 0.448. The third-order valence-electron chi connectivity index (χ3n) is 3.14. The summed E-state index contributed by atoms with van der Waals surface area (Å²) in [5.74, 6) is 0.0234. The molecule has 0 spiro atoms. The highest BCUT2D eigenvalue weighted by Gasteiger charge is 2.34. The van der Waals surface area contributed by atoms with Gasteiger partial charge >= 0.3 is 6.09 Å². The van der Waals surface area contributed by atoms with Gasteiger partial charge in [-0.3, -0.25) is 9.59 Å². The molecular weight excluding hydrogens is 284 g/mol. The third-order valence-corrected chi connectivity index (χ3v) is 4.03.